The first-order valence-corrected chi connectivity index (χ1v) is 7.78. The number of esters is 1. The maximum absolute atomic E-state index is 13.7. The van der Waals surface area contributed by atoms with Crippen LogP contribution in [0.1, 0.15) is 29.8 Å². The van der Waals surface area contributed by atoms with Gasteiger partial charge in [0.15, 0.2) is 0 Å². The van der Waals surface area contributed by atoms with Crippen LogP contribution in [0.3, 0.4) is 0 Å². The van der Waals surface area contributed by atoms with E-state index in [9.17, 15) is 14.0 Å². The van der Waals surface area contributed by atoms with E-state index < -0.39 is 11.8 Å². The number of benzene rings is 2. The van der Waals surface area contributed by atoms with E-state index in [1.807, 2.05) is 0 Å². The number of hydrogen-bond donors (Lipinski definition) is 1. The van der Waals surface area contributed by atoms with Crippen molar-refractivity contribution < 1.29 is 18.7 Å². The van der Waals surface area contributed by atoms with Crippen LogP contribution in [0.4, 0.5) is 10.1 Å². The first-order valence-electron chi connectivity index (χ1n) is 7.40. The predicted molar refractivity (Wildman–Crippen MR) is 90.4 cm³/mol. The summed E-state index contributed by atoms with van der Waals surface area (Å²) in [6, 6.07) is 10.7. The van der Waals surface area contributed by atoms with Crippen LogP contribution in [0.25, 0.3) is 0 Å². The molecule has 1 amide bonds. The third kappa shape index (κ3) is 4.32. The third-order valence-electron chi connectivity index (χ3n) is 3.34. The highest BCUT2D eigenvalue weighted by atomic mass is 35.5. The molecule has 0 aliphatic heterocycles. The number of amides is 1. The smallest absolute Gasteiger partial charge is 0.340 e. The Labute approximate surface area is 144 Å². The zero-order chi connectivity index (χ0) is 17.7. The molecule has 2 aromatic rings. The Bertz CT molecular complexity index is 741. The highest BCUT2D eigenvalue weighted by molar-refractivity contribution is 6.31. The second-order valence-corrected chi connectivity index (χ2v) is 5.87. The molecule has 0 saturated carbocycles. The van der Waals surface area contributed by atoms with Gasteiger partial charge in [-0.3, -0.25) is 4.79 Å². The topological polar surface area (TPSA) is 55.4 Å². The molecule has 0 unspecified atom stereocenters. The Morgan fingerprint density at radius 2 is 1.88 bits per heavy atom. The van der Waals surface area contributed by atoms with E-state index in [4.69, 9.17) is 16.3 Å². The number of anilines is 1. The molecule has 0 spiro atoms. The number of hydrogen-bond acceptors (Lipinski definition) is 3. The number of ether oxygens (including phenoxy) is 1. The maximum Gasteiger partial charge on any atom is 0.340 e. The van der Waals surface area contributed by atoms with E-state index in [1.165, 1.54) is 24.3 Å². The van der Waals surface area contributed by atoms with E-state index in [2.05, 4.69) is 5.32 Å². The van der Waals surface area contributed by atoms with Crippen molar-refractivity contribution in [3.05, 3.63) is 64.4 Å². The van der Waals surface area contributed by atoms with Gasteiger partial charge in [-0.1, -0.05) is 43.6 Å². The van der Waals surface area contributed by atoms with Crippen molar-refractivity contribution in [2.45, 2.75) is 20.5 Å². The monoisotopic (exact) mass is 349 g/mol. The molecular weight excluding hydrogens is 333 g/mol. The molecule has 0 aromatic heterocycles. The van der Waals surface area contributed by atoms with Crippen molar-refractivity contribution in [2.75, 3.05) is 5.32 Å². The first-order chi connectivity index (χ1) is 11.4. The molecule has 0 heterocycles. The van der Waals surface area contributed by atoms with Gasteiger partial charge in [0.1, 0.15) is 12.4 Å². The molecule has 6 heteroatoms. The average molecular weight is 350 g/mol. The Balaban J connectivity index is 2.14. The Morgan fingerprint density at radius 1 is 1.17 bits per heavy atom. The predicted octanol–water partition coefficient (Wildman–Crippen LogP) is 4.43. The summed E-state index contributed by atoms with van der Waals surface area (Å²) in [7, 11) is 0. The van der Waals surface area contributed by atoms with Crippen molar-refractivity contribution >= 4 is 29.2 Å². The molecule has 0 aliphatic rings. The first kappa shape index (κ1) is 17.9. The number of nitrogens with one attached hydrogen (secondary N) is 1. The molecule has 4 nitrogen and oxygen atoms in total. The quantitative estimate of drug-likeness (QED) is 0.812. The van der Waals surface area contributed by atoms with E-state index in [0.717, 1.165) is 0 Å². The minimum Gasteiger partial charge on any atom is -0.457 e. The van der Waals surface area contributed by atoms with Crippen molar-refractivity contribution in [1.82, 2.24) is 0 Å². The highest BCUT2D eigenvalue weighted by Gasteiger charge is 2.17. The molecule has 2 aromatic carbocycles. The summed E-state index contributed by atoms with van der Waals surface area (Å²) in [6.45, 7) is 3.20. The second kappa shape index (κ2) is 7.93. The zero-order valence-electron chi connectivity index (χ0n) is 13.3. The van der Waals surface area contributed by atoms with E-state index in [-0.39, 0.29) is 34.6 Å². The van der Waals surface area contributed by atoms with Gasteiger partial charge in [0.05, 0.1) is 16.3 Å². The molecule has 2 rings (SSSR count). The van der Waals surface area contributed by atoms with Crippen LogP contribution in [-0.2, 0) is 16.1 Å². The summed E-state index contributed by atoms with van der Waals surface area (Å²) in [5.41, 5.74) is 0.649. The highest BCUT2D eigenvalue weighted by Crippen LogP contribution is 2.22. The second-order valence-electron chi connectivity index (χ2n) is 5.47. The van der Waals surface area contributed by atoms with Gasteiger partial charge in [-0.05, 0) is 24.3 Å². The van der Waals surface area contributed by atoms with Crippen molar-refractivity contribution in [3.8, 4) is 0 Å². The number of carbonyl (C=O) groups excluding carboxylic acids is 2. The number of halogens is 2. The normalized spacial score (nSPS) is 10.5. The maximum atomic E-state index is 13.7. The summed E-state index contributed by atoms with van der Waals surface area (Å²) in [4.78, 5) is 24.1. The molecule has 0 radical (unpaired) electrons. The fourth-order valence-corrected chi connectivity index (χ4v) is 2.15. The zero-order valence-corrected chi connectivity index (χ0v) is 14.1. The van der Waals surface area contributed by atoms with Gasteiger partial charge in [0.2, 0.25) is 5.91 Å². The molecule has 0 bridgehead atoms. The Hall–Kier alpha value is -2.40. The van der Waals surface area contributed by atoms with Gasteiger partial charge < -0.3 is 10.1 Å². The van der Waals surface area contributed by atoms with Gasteiger partial charge in [-0.25, -0.2) is 9.18 Å². The lowest BCUT2D eigenvalue weighted by atomic mass is 10.1. The van der Waals surface area contributed by atoms with Crippen LogP contribution in [0.2, 0.25) is 5.02 Å². The summed E-state index contributed by atoms with van der Waals surface area (Å²) in [6.07, 6.45) is 0. The lowest BCUT2D eigenvalue weighted by Crippen LogP contribution is -2.20. The molecule has 0 fully saturated rings. The van der Waals surface area contributed by atoms with Gasteiger partial charge in [-0.15, -0.1) is 0 Å². The number of carbonyl (C=O) groups is 2. The molecule has 0 aliphatic carbocycles. The van der Waals surface area contributed by atoms with Crippen molar-refractivity contribution in [3.63, 3.8) is 0 Å². The summed E-state index contributed by atoms with van der Waals surface area (Å²) in [5, 5.41) is 2.86. The van der Waals surface area contributed by atoms with Gasteiger partial charge in [-0.2, -0.15) is 0 Å². The van der Waals surface area contributed by atoms with Crippen LogP contribution in [0.15, 0.2) is 42.5 Å². The van der Waals surface area contributed by atoms with E-state index in [0.29, 0.717) is 5.69 Å². The lowest BCUT2D eigenvalue weighted by Gasteiger charge is -2.13. The van der Waals surface area contributed by atoms with Crippen LogP contribution >= 0.6 is 11.6 Å². The van der Waals surface area contributed by atoms with Crippen molar-refractivity contribution in [1.29, 1.82) is 0 Å². The minimum absolute atomic E-state index is 0.108. The minimum atomic E-state index is -0.672. The number of rotatable bonds is 5. The SMILES string of the molecule is CC(C)C(=O)Nc1ccccc1C(=O)OCc1c(F)cccc1Cl. The van der Waals surface area contributed by atoms with Crippen LogP contribution in [0.5, 0.6) is 0 Å². The van der Waals surface area contributed by atoms with E-state index >= 15 is 0 Å². The van der Waals surface area contributed by atoms with Gasteiger partial charge >= 0.3 is 5.97 Å². The molecule has 0 atom stereocenters. The van der Waals surface area contributed by atoms with Crippen LogP contribution < -0.4 is 5.32 Å². The molecule has 0 saturated heterocycles. The van der Waals surface area contributed by atoms with Crippen LogP contribution in [0, 0.1) is 11.7 Å². The Kier molecular flexibility index (Phi) is 5.93. The molecular formula is C18H17ClFNO3. The molecule has 126 valence electrons. The summed E-state index contributed by atoms with van der Waals surface area (Å²) < 4.78 is 18.9. The third-order valence-corrected chi connectivity index (χ3v) is 3.69. The fourth-order valence-electron chi connectivity index (χ4n) is 1.93. The Morgan fingerprint density at radius 3 is 2.54 bits per heavy atom. The fraction of sp³-hybridized carbons (Fsp3) is 0.222. The molecule has 24 heavy (non-hydrogen) atoms. The standard InChI is InChI=1S/C18H17ClFNO3/c1-11(2)17(22)21-16-9-4-3-6-12(16)18(23)24-10-13-14(19)7-5-8-15(13)20/h3-9,11H,10H2,1-2H3,(H,21,22). The lowest BCUT2D eigenvalue weighted by molar-refractivity contribution is -0.118. The van der Waals surface area contributed by atoms with Gasteiger partial charge in [0.25, 0.3) is 0 Å². The average Bonchev–Trinajstić information content (AvgIpc) is 2.54. The van der Waals surface area contributed by atoms with E-state index in [1.54, 1.807) is 32.0 Å². The largest absolute Gasteiger partial charge is 0.457 e. The summed E-state index contributed by atoms with van der Waals surface area (Å²) in [5.74, 6) is -1.66. The molecule has 1 N–H and O–H groups in total. The summed E-state index contributed by atoms with van der Waals surface area (Å²) >= 11 is 5.91. The van der Waals surface area contributed by atoms with Crippen LogP contribution in [-0.4, -0.2) is 11.9 Å². The van der Waals surface area contributed by atoms with Gasteiger partial charge in [0, 0.05) is 11.5 Å². The number of para-hydroxylation sites is 1. The van der Waals surface area contributed by atoms with Crippen molar-refractivity contribution in [2.24, 2.45) is 5.92 Å².